The third kappa shape index (κ3) is 4.84. The molecule has 1 aliphatic rings. The van der Waals surface area contributed by atoms with Gasteiger partial charge in [0.05, 0.1) is 5.41 Å². The Hall–Kier alpha value is -0.780. The number of hydrogen-bond acceptors (Lipinski definition) is 2. The number of ether oxygens (including phenoxy) is 1. The van der Waals surface area contributed by atoms with Crippen molar-refractivity contribution in [3.63, 3.8) is 0 Å². The molecule has 0 spiro atoms. The van der Waals surface area contributed by atoms with E-state index < -0.39 is 24.2 Å². The minimum atomic E-state index is -4.35. The molecule has 106 valence electrons. The van der Waals surface area contributed by atoms with E-state index in [1.165, 1.54) is 0 Å². The molecule has 1 fully saturated rings. The molecule has 1 saturated carbocycles. The summed E-state index contributed by atoms with van der Waals surface area (Å²) in [5, 5.41) is 9.30. The summed E-state index contributed by atoms with van der Waals surface area (Å²) in [5.41, 5.74) is -0.887. The Morgan fingerprint density at radius 3 is 2.17 bits per heavy atom. The van der Waals surface area contributed by atoms with Gasteiger partial charge in [0.1, 0.15) is 6.61 Å². The van der Waals surface area contributed by atoms with Crippen LogP contribution < -0.4 is 0 Å². The summed E-state index contributed by atoms with van der Waals surface area (Å²) >= 11 is 0. The molecule has 0 saturated heterocycles. The van der Waals surface area contributed by atoms with Crippen molar-refractivity contribution in [2.75, 3.05) is 13.2 Å². The Morgan fingerprint density at radius 1 is 1.17 bits per heavy atom. The monoisotopic (exact) mass is 268 g/mol. The SMILES string of the molecule is O=C(O)C1(CCOCC(F)(F)F)CCCCCC1. The van der Waals surface area contributed by atoms with Crippen molar-refractivity contribution >= 4 is 5.97 Å². The summed E-state index contributed by atoms with van der Waals surface area (Å²) in [5.74, 6) is -0.903. The Morgan fingerprint density at radius 2 is 1.72 bits per heavy atom. The molecule has 0 amide bonds. The molecule has 0 atom stereocenters. The topological polar surface area (TPSA) is 46.5 Å². The molecule has 1 aliphatic carbocycles. The summed E-state index contributed by atoms with van der Waals surface area (Å²) < 4.78 is 40.2. The number of alkyl halides is 3. The predicted molar refractivity (Wildman–Crippen MR) is 59.3 cm³/mol. The lowest BCUT2D eigenvalue weighted by Gasteiger charge is -2.27. The van der Waals surface area contributed by atoms with Crippen LogP contribution in [0.2, 0.25) is 0 Å². The molecule has 1 N–H and O–H groups in total. The van der Waals surface area contributed by atoms with Gasteiger partial charge >= 0.3 is 12.1 Å². The number of carboxylic acid groups (broad SMARTS) is 1. The van der Waals surface area contributed by atoms with Crippen LogP contribution in [0.15, 0.2) is 0 Å². The van der Waals surface area contributed by atoms with Crippen LogP contribution >= 0.6 is 0 Å². The van der Waals surface area contributed by atoms with Crippen LogP contribution in [0.25, 0.3) is 0 Å². The maximum atomic E-state index is 11.9. The van der Waals surface area contributed by atoms with Gasteiger partial charge < -0.3 is 9.84 Å². The Balaban J connectivity index is 2.45. The minimum absolute atomic E-state index is 0.147. The number of carboxylic acids is 1. The molecule has 0 aliphatic heterocycles. The number of hydrogen-bond donors (Lipinski definition) is 1. The van der Waals surface area contributed by atoms with Crippen LogP contribution in [-0.2, 0) is 9.53 Å². The maximum absolute atomic E-state index is 11.9. The lowest BCUT2D eigenvalue weighted by molar-refractivity contribution is -0.176. The minimum Gasteiger partial charge on any atom is -0.481 e. The first-order chi connectivity index (χ1) is 8.36. The molecule has 3 nitrogen and oxygen atoms in total. The van der Waals surface area contributed by atoms with Crippen LogP contribution in [0, 0.1) is 5.41 Å². The van der Waals surface area contributed by atoms with E-state index in [0.717, 1.165) is 25.7 Å². The third-order valence-corrected chi connectivity index (χ3v) is 3.51. The molecule has 0 radical (unpaired) electrons. The van der Waals surface area contributed by atoms with Gasteiger partial charge in [-0.15, -0.1) is 0 Å². The summed E-state index contributed by atoms with van der Waals surface area (Å²) in [6.07, 6.45) is 0.543. The van der Waals surface area contributed by atoms with Crippen LogP contribution in [0.3, 0.4) is 0 Å². The lowest BCUT2D eigenvalue weighted by Crippen LogP contribution is -2.32. The normalized spacial score (nSPS) is 20.4. The third-order valence-electron chi connectivity index (χ3n) is 3.51. The van der Waals surface area contributed by atoms with E-state index in [1.807, 2.05) is 0 Å². The van der Waals surface area contributed by atoms with Gasteiger partial charge in [0.25, 0.3) is 0 Å². The highest BCUT2D eigenvalue weighted by molar-refractivity contribution is 5.74. The summed E-state index contributed by atoms with van der Waals surface area (Å²) in [6.45, 7) is -1.45. The summed E-state index contributed by atoms with van der Waals surface area (Å²) in [4.78, 5) is 11.3. The number of aliphatic carboxylic acids is 1. The van der Waals surface area contributed by atoms with Gasteiger partial charge in [0, 0.05) is 6.61 Å². The Kier molecular flexibility index (Phi) is 5.44. The second kappa shape index (κ2) is 6.41. The van der Waals surface area contributed by atoms with Crippen LogP contribution in [0.5, 0.6) is 0 Å². The number of rotatable bonds is 5. The quantitative estimate of drug-likeness (QED) is 0.614. The standard InChI is InChI=1S/C12H19F3O3/c13-12(14,15)9-18-8-7-11(10(16)17)5-3-1-2-4-6-11/h1-9H2,(H,16,17). The molecule has 0 unspecified atom stereocenters. The molecular weight excluding hydrogens is 249 g/mol. The van der Waals surface area contributed by atoms with E-state index in [4.69, 9.17) is 0 Å². The highest BCUT2D eigenvalue weighted by atomic mass is 19.4. The highest BCUT2D eigenvalue weighted by Crippen LogP contribution is 2.38. The molecule has 18 heavy (non-hydrogen) atoms. The van der Waals surface area contributed by atoms with Gasteiger partial charge in [-0.25, -0.2) is 0 Å². The Labute approximate surface area is 104 Å². The second-order valence-corrected chi connectivity index (χ2v) is 4.92. The molecule has 6 heteroatoms. The molecule has 0 aromatic rings. The van der Waals surface area contributed by atoms with Crippen molar-refractivity contribution < 1.29 is 27.8 Å². The van der Waals surface area contributed by atoms with Crippen LogP contribution in [-0.4, -0.2) is 30.5 Å². The second-order valence-electron chi connectivity index (χ2n) is 4.92. The van der Waals surface area contributed by atoms with Gasteiger partial charge in [-0.3, -0.25) is 4.79 Å². The molecule has 0 bridgehead atoms. The Bertz CT molecular complexity index is 268. The zero-order valence-electron chi connectivity index (χ0n) is 10.3. The fraction of sp³-hybridized carbons (Fsp3) is 0.917. The fourth-order valence-electron chi connectivity index (χ4n) is 2.43. The van der Waals surface area contributed by atoms with E-state index in [0.29, 0.717) is 12.8 Å². The molecule has 0 heterocycles. The molecule has 1 rings (SSSR count). The van der Waals surface area contributed by atoms with E-state index in [-0.39, 0.29) is 13.0 Å². The van der Waals surface area contributed by atoms with Gasteiger partial charge in [0.2, 0.25) is 0 Å². The van der Waals surface area contributed by atoms with Crippen molar-refractivity contribution in [1.82, 2.24) is 0 Å². The van der Waals surface area contributed by atoms with Crippen molar-refractivity contribution in [2.24, 2.45) is 5.41 Å². The van der Waals surface area contributed by atoms with E-state index in [1.54, 1.807) is 0 Å². The first-order valence-electron chi connectivity index (χ1n) is 6.24. The number of halogens is 3. The summed E-state index contributed by atoms with van der Waals surface area (Å²) in [7, 11) is 0. The average molecular weight is 268 g/mol. The van der Waals surface area contributed by atoms with Crippen molar-refractivity contribution in [3.05, 3.63) is 0 Å². The molecular formula is C12H19F3O3. The zero-order valence-corrected chi connectivity index (χ0v) is 10.3. The van der Waals surface area contributed by atoms with E-state index in [2.05, 4.69) is 4.74 Å². The maximum Gasteiger partial charge on any atom is 0.411 e. The van der Waals surface area contributed by atoms with Crippen molar-refractivity contribution in [1.29, 1.82) is 0 Å². The smallest absolute Gasteiger partial charge is 0.411 e. The van der Waals surface area contributed by atoms with E-state index in [9.17, 15) is 23.1 Å². The zero-order chi connectivity index (χ0) is 13.6. The predicted octanol–water partition coefficient (Wildman–Crippen LogP) is 3.38. The fourth-order valence-corrected chi connectivity index (χ4v) is 2.43. The highest BCUT2D eigenvalue weighted by Gasteiger charge is 2.38. The van der Waals surface area contributed by atoms with Gasteiger partial charge in [0.15, 0.2) is 0 Å². The lowest BCUT2D eigenvalue weighted by atomic mass is 9.78. The summed E-state index contributed by atoms with van der Waals surface area (Å²) in [6, 6.07) is 0. The molecule has 0 aromatic carbocycles. The van der Waals surface area contributed by atoms with Crippen LogP contribution in [0.1, 0.15) is 44.9 Å². The van der Waals surface area contributed by atoms with Crippen molar-refractivity contribution in [3.8, 4) is 0 Å². The molecule has 0 aromatic heterocycles. The van der Waals surface area contributed by atoms with Gasteiger partial charge in [-0.05, 0) is 19.3 Å². The van der Waals surface area contributed by atoms with Crippen LogP contribution in [0.4, 0.5) is 13.2 Å². The first-order valence-corrected chi connectivity index (χ1v) is 6.24. The first kappa shape index (κ1) is 15.3. The average Bonchev–Trinajstić information content (AvgIpc) is 2.49. The van der Waals surface area contributed by atoms with Gasteiger partial charge in [-0.2, -0.15) is 13.2 Å². The van der Waals surface area contributed by atoms with Gasteiger partial charge in [-0.1, -0.05) is 25.7 Å². The van der Waals surface area contributed by atoms with E-state index >= 15 is 0 Å². The number of carbonyl (C=O) groups is 1. The largest absolute Gasteiger partial charge is 0.481 e. The van der Waals surface area contributed by atoms with Crippen molar-refractivity contribution in [2.45, 2.75) is 51.1 Å².